The van der Waals surface area contributed by atoms with E-state index in [0.717, 1.165) is 25.3 Å². The molecule has 1 aromatic heterocycles. The molecule has 2 heterocycles. The number of amides is 1. The molecule has 0 radical (unpaired) electrons. The van der Waals surface area contributed by atoms with E-state index in [-0.39, 0.29) is 5.91 Å². The third kappa shape index (κ3) is 4.02. The van der Waals surface area contributed by atoms with Crippen LogP contribution in [0, 0.1) is 0 Å². The maximum absolute atomic E-state index is 12.5. The van der Waals surface area contributed by atoms with Crippen molar-refractivity contribution in [3.8, 4) is 0 Å². The molecule has 0 spiro atoms. The zero-order valence-corrected chi connectivity index (χ0v) is 14.1. The Morgan fingerprint density at radius 2 is 1.83 bits per heavy atom. The maximum Gasteiger partial charge on any atom is 0.253 e. The molecular formula is C17H17Cl2N3O. The van der Waals surface area contributed by atoms with Crippen molar-refractivity contribution in [1.29, 1.82) is 0 Å². The summed E-state index contributed by atoms with van der Waals surface area (Å²) < 4.78 is 0. The summed E-state index contributed by atoms with van der Waals surface area (Å²) in [5.41, 5.74) is 1.63. The third-order valence-electron chi connectivity index (χ3n) is 3.94. The van der Waals surface area contributed by atoms with E-state index in [2.05, 4.69) is 9.88 Å². The van der Waals surface area contributed by atoms with Crippen LogP contribution in [0.3, 0.4) is 0 Å². The fraction of sp³-hybridized carbons (Fsp3) is 0.294. The van der Waals surface area contributed by atoms with E-state index in [1.165, 1.54) is 0 Å². The summed E-state index contributed by atoms with van der Waals surface area (Å²) in [7, 11) is 0. The van der Waals surface area contributed by atoms with Gasteiger partial charge in [-0.2, -0.15) is 0 Å². The lowest BCUT2D eigenvalue weighted by Gasteiger charge is -2.34. The van der Waals surface area contributed by atoms with Crippen LogP contribution in [0.15, 0.2) is 42.6 Å². The smallest absolute Gasteiger partial charge is 0.253 e. The molecule has 1 amide bonds. The second kappa shape index (κ2) is 7.30. The van der Waals surface area contributed by atoms with Crippen molar-refractivity contribution in [1.82, 2.24) is 14.8 Å². The zero-order valence-electron chi connectivity index (χ0n) is 12.6. The molecular weight excluding hydrogens is 333 g/mol. The highest BCUT2D eigenvalue weighted by Crippen LogP contribution is 2.23. The summed E-state index contributed by atoms with van der Waals surface area (Å²) in [5.74, 6) is 0.000975. The number of carbonyl (C=O) groups excluding carboxylic acids is 1. The summed E-state index contributed by atoms with van der Waals surface area (Å²) in [6, 6.07) is 10.9. The molecule has 3 rings (SSSR count). The van der Waals surface area contributed by atoms with E-state index in [9.17, 15) is 4.79 Å². The van der Waals surface area contributed by atoms with Gasteiger partial charge < -0.3 is 4.90 Å². The number of rotatable bonds is 3. The number of aromatic nitrogens is 1. The van der Waals surface area contributed by atoms with Gasteiger partial charge in [0, 0.05) is 44.5 Å². The highest BCUT2D eigenvalue weighted by Gasteiger charge is 2.22. The molecule has 120 valence electrons. The van der Waals surface area contributed by atoms with Crippen molar-refractivity contribution in [3.63, 3.8) is 0 Å². The third-order valence-corrected chi connectivity index (χ3v) is 4.68. The first-order chi connectivity index (χ1) is 11.1. The van der Waals surface area contributed by atoms with E-state index in [1.54, 1.807) is 24.4 Å². The summed E-state index contributed by atoms with van der Waals surface area (Å²) in [4.78, 5) is 21.0. The molecule has 0 atom stereocenters. The predicted molar refractivity (Wildman–Crippen MR) is 91.9 cm³/mol. The Morgan fingerprint density at radius 3 is 2.48 bits per heavy atom. The fourth-order valence-corrected chi connectivity index (χ4v) is 2.94. The van der Waals surface area contributed by atoms with Crippen LogP contribution >= 0.6 is 23.2 Å². The first kappa shape index (κ1) is 16.2. The van der Waals surface area contributed by atoms with Crippen LogP contribution in [0.25, 0.3) is 0 Å². The van der Waals surface area contributed by atoms with Gasteiger partial charge in [-0.25, -0.2) is 0 Å². The minimum atomic E-state index is 0.000975. The Labute approximate surface area is 145 Å². The first-order valence-electron chi connectivity index (χ1n) is 7.50. The first-order valence-corrected chi connectivity index (χ1v) is 8.25. The minimum Gasteiger partial charge on any atom is -0.336 e. The molecule has 1 aromatic carbocycles. The van der Waals surface area contributed by atoms with Crippen molar-refractivity contribution < 1.29 is 4.79 Å². The number of pyridine rings is 1. The van der Waals surface area contributed by atoms with Crippen molar-refractivity contribution in [2.75, 3.05) is 26.2 Å². The van der Waals surface area contributed by atoms with Crippen LogP contribution in [0.1, 0.15) is 16.1 Å². The van der Waals surface area contributed by atoms with Crippen LogP contribution < -0.4 is 0 Å². The van der Waals surface area contributed by atoms with Crippen molar-refractivity contribution in [2.45, 2.75) is 6.54 Å². The van der Waals surface area contributed by atoms with Gasteiger partial charge in [0.1, 0.15) is 0 Å². The van der Waals surface area contributed by atoms with Gasteiger partial charge in [-0.05, 0) is 30.3 Å². The Balaban J connectivity index is 1.58. The molecule has 0 unspecified atom stereocenters. The summed E-state index contributed by atoms with van der Waals surface area (Å²) >= 11 is 11.9. The molecule has 0 N–H and O–H groups in total. The van der Waals surface area contributed by atoms with Gasteiger partial charge in [-0.1, -0.05) is 29.3 Å². The second-order valence-corrected chi connectivity index (χ2v) is 6.33. The highest BCUT2D eigenvalue weighted by molar-refractivity contribution is 6.42. The van der Waals surface area contributed by atoms with Crippen LogP contribution in [-0.4, -0.2) is 46.9 Å². The molecule has 6 heteroatoms. The molecule has 0 aliphatic carbocycles. The molecule has 4 nitrogen and oxygen atoms in total. The second-order valence-electron chi connectivity index (χ2n) is 5.52. The largest absolute Gasteiger partial charge is 0.336 e. The maximum atomic E-state index is 12.5. The number of hydrogen-bond donors (Lipinski definition) is 0. The molecule has 23 heavy (non-hydrogen) atoms. The van der Waals surface area contributed by atoms with Gasteiger partial charge in [0.25, 0.3) is 5.91 Å². The molecule has 0 bridgehead atoms. The van der Waals surface area contributed by atoms with Crippen molar-refractivity contribution >= 4 is 29.1 Å². The Bertz CT molecular complexity index is 685. The fourth-order valence-electron chi connectivity index (χ4n) is 2.64. The van der Waals surface area contributed by atoms with Gasteiger partial charge in [0.05, 0.1) is 15.7 Å². The normalized spacial score (nSPS) is 15.7. The zero-order chi connectivity index (χ0) is 16.2. The number of halogens is 2. The lowest BCUT2D eigenvalue weighted by atomic mass is 10.1. The molecule has 1 aliphatic rings. The van der Waals surface area contributed by atoms with E-state index in [1.807, 2.05) is 23.1 Å². The van der Waals surface area contributed by atoms with Crippen molar-refractivity contribution in [3.05, 3.63) is 63.9 Å². The van der Waals surface area contributed by atoms with Gasteiger partial charge in [-0.3, -0.25) is 14.7 Å². The van der Waals surface area contributed by atoms with Crippen LogP contribution in [0.4, 0.5) is 0 Å². The monoisotopic (exact) mass is 349 g/mol. The van der Waals surface area contributed by atoms with Crippen LogP contribution in [0.2, 0.25) is 10.0 Å². The number of hydrogen-bond acceptors (Lipinski definition) is 3. The summed E-state index contributed by atoms with van der Waals surface area (Å²) in [5, 5.41) is 0.870. The van der Waals surface area contributed by atoms with Gasteiger partial charge in [0.2, 0.25) is 0 Å². The van der Waals surface area contributed by atoms with Gasteiger partial charge in [0.15, 0.2) is 0 Å². The van der Waals surface area contributed by atoms with Crippen LogP contribution in [0.5, 0.6) is 0 Å². The Morgan fingerprint density at radius 1 is 1.04 bits per heavy atom. The van der Waals surface area contributed by atoms with E-state index in [0.29, 0.717) is 28.7 Å². The molecule has 1 aliphatic heterocycles. The lowest BCUT2D eigenvalue weighted by Crippen LogP contribution is -2.48. The standard InChI is InChI=1S/C17H17Cl2N3O/c18-15-5-4-13(11-16(15)19)17(23)22-9-7-21(8-10-22)12-14-3-1-2-6-20-14/h1-6,11H,7-10,12H2. The molecule has 1 saturated heterocycles. The lowest BCUT2D eigenvalue weighted by molar-refractivity contribution is 0.0627. The molecule has 2 aromatic rings. The summed E-state index contributed by atoms with van der Waals surface area (Å²) in [6.45, 7) is 3.89. The number of nitrogens with zero attached hydrogens (tertiary/aromatic N) is 3. The number of carbonyl (C=O) groups is 1. The minimum absolute atomic E-state index is 0.000975. The van der Waals surface area contributed by atoms with Gasteiger partial charge >= 0.3 is 0 Å². The van der Waals surface area contributed by atoms with Crippen molar-refractivity contribution in [2.24, 2.45) is 0 Å². The SMILES string of the molecule is O=C(c1ccc(Cl)c(Cl)c1)N1CCN(Cc2ccccn2)CC1. The average molecular weight is 350 g/mol. The predicted octanol–water partition coefficient (Wildman–Crippen LogP) is 3.35. The number of piperazine rings is 1. The topological polar surface area (TPSA) is 36.4 Å². The molecule has 0 saturated carbocycles. The quantitative estimate of drug-likeness (QED) is 0.852. The number of benzene rings is 1. The van der Waals surface area contributed by atoms with E-state index in [4.69, 9.17) is 23.2 Å². The van der Waals surface area contributed by atoms with E-state index >= 15 is 0 Å². The van der Waals surface area contributed by atoms with E-state index < -0.39 is 0 Å². The Kier molecular flexibility index (Phi) is 5.16. The average Bonchev–Trinajstić information content (AvgIpc) is 2.58. The Hall–Kier alpha value is -1.62. The molecule has 1 fully saturated rings. The highest BCUT2D eigenvalue weighted by atomic mass is 35.5. The summed E-state index contributed by atoms with van der Waals surface area (Å²) in [6.07, 6.45) is 1.80. The van der Waals surface area contributed by atoms with Crippen LogP contribution in [-0.2, 0) is 6.54 Å². The van der Waals surface area contributed by atoms with Gasteiger partial charge in [-0.15, -0.1) is 0 Å².